The molecule has 1 N–H and O–H groups in total. The molecule has 2 rings (SSSR count). The quantitative estimate of drug-likeness (QED) is 0.686. The predicted octanol–water partition coefficient (Wildman–Crippen LogP) is 3.92. The molecule has 0 aliphatic carbocycles. The summed E-state index contributed by atoms with van der Waals surface area (Å²) in [5.41, 5.74) is 1.58. The van der Waals surface area contributed by atoms with E-state index < -0.39 is 10.9 Å². The Morgan fingerprint density at radius 1 is 1.20 bits per heavy atom. The molecule has 0 unspecified atom stereocenters. The molecular weight excluding hydrogens is 282 g/mol. The Hall–Kier alpha value is -2.40. The maximum absolute atomic E-state index is 11.0. The van der Waals surface area contributed by atoms with Crippen LogP contribution in [0.4, 0.5) is 5.69 Å². The summed E-state index contributed by atoms with van der Waals surface area (Å²) in [6, 6.07) is 8.90. The minimum atomic E-state index is -1.21. The molecule has 2 aromatic rings. The Labute approximate surface area is 119 Å². The van der Waals surface area contributed by atoms with Crippen LogP contribution in [0.5, 0.6) is 0 Å². The highest BCUT2D eigenvalue weighted by atomic mass is 35.5. The average molecular weight is 292 g/mol. The number of hydrogen-bond acceptors (Lipinski definition) is 3. The molecule has 0 fully saturated rings. The molecule has 0 spiro atoms. The van der Waals surface area contributed by atoms with E-state index in [9.17, 15) is 14.9 Å². The molecule has 0 radical (unpaired) electrons. The molecular formula is C14H10ClNO4. The number of aromatic carboxylic acids is 1. The van der Waals surface area contributed by atoms with E-state index in [0.717, 1.165) is 11.6 Å². The Kier molecular flexibility index (Phi) is 3.72. The van der Waals surface area contributed by atoms with Gasteiger partial charge in [0.1, 0.15) is 0 Å². The summed E-state index contributed by atoms with van der Waals surface area (Å²) in [5, 5.41) is 20.5. The molecule has 2 aromatic carbocycles. The molecule has 0 aromatic heterocycles. The molecule has 5 nitrogen and oxygen atoms in total. The zero-order chi connectivity index (χ0) is 14.9. The van der Waals surface area contributed by atoms with Crippen LogP contribution in [-0.2, 0) is 0 Å². The van der Waals surface area contributed by atoms with Gasteiger partial charge in [-0.25, -0.2) is 4.79 Å². The number of hydrogen-bond donors (Lipinski definition) is 1. The summed E-state index contributed by atoms with van der Waals surface area (Å²) < 4.78 is 0. The van der Waals surface area contributed by atoms with Crippen LogP contribution >= 0.6 is 11.6 Å². The SMILES string of the molecule is Cc1cc(-c2cc(C(=O)O)cc([N+](=O)[O-])c2)ccc1Cl. The van der Waals surface area contributed by atoms with Gasteiger partial charge in [0.05, 0.1) is 10.5 Å². The van der Waals surface area contributed by atoms with E-state index in [1.165, 1.54) is 12.1 Å². The van der Waals surface area contributed by atoms with Gasteiger partial charge in [-0.05, 0) is 41.8 Å². The normalized spacial score (nSPS) is 10.3. The zero-order valence-electron chi connectivity index (χ0n) is 10.5. The van der Waals surface area contributed by atoms with E-state index in [0.29, 0.717) is 16.1 Å². The van der Waals surface area contributed by atoms with Crippen LogP contribution in [0.3, 0.4) is 0 Å². The Bertz CT molecular complexity index is 680. The number of non-ortho nitro benzene ring substituents is 1. The van der Waals surface area contributed by atoms with Gasteiger partial charge in [-0.1, -0.05) is 17.7 Å². The highest BCUT2D eigenvalue weighted by Gasteiger charge is 2.15. The van der Waals surface area contributed by atoms with Crippen LogP contribution in [0.2, 0.25) is 5.02 Å². The maximum atomic E-state index is 11.0. The molecule has 0 saturated carbocycles. The van der Waals surface area contributed by atoms with Gasteiger partial charge >= 0.3 is 5.97 Å². The number of rotatable bonds is 3. The summed E-state index contributed by atoms with van der Waals surface area (Å²) in [6.07, 6.45) is 0. The molecule has 0 bridgehead atoms. The average Bonchev–Trinajstić information content (AvgIpc) is 2.41. The van der Waals surface area contributed by atoms with Gasteiger partial charge in [-0.15, -0.1) is 0 Å². The third-order valence-corrected chi connectivity index (χ3v) is 3.29. The summed E-state index contributed by atoms with van der Waals surface area (Å²) in [5.74, 6) is -1.21. The van der Waals surface area contributed by atoms with Gasteiger partial charge in [-0.2, -0.15) is 0 Å². The number of benzene rings is 2. The number of nitro benzene ring substituents is 1. The third-order valence-electron chi connectivity index (χ3n) is 2.87. The number of halogens is 1. The van der Waals surface area contributed by atoms with Gasteiger partial charge in [-0.3, -0.25) is 10.1 Å². The predicted molar refractivity (Wildman–Crippen MR) is 75.2 cm³/mol. The molecule has 0 aliphatic heterocycles. The number of nitrogens with zero attached hydrogens (tertiary/aromatic N) is 1. The lowest BCUT2D eigenvalue weighted by atomic mass is 10.0. The molecule has 6 heteroatoms. The van der Waals surface area contributed by atoms with Crippen LogP contribution in [0, 0.1) is 17.0 Å². The minimum Gasteiger partial charge on any atom is -0.478 e. The molecule has 0 aliphatic rings. The fraction of sp³-hybridized carbons (Fsp3) is 0.0714. The standard InChI is InChI=1S/C14H10ClNO4/c1-8-4-9(2-3-13(8)15)10-5-11(14(17)18)7-12(6-10)16(19)20/h2-7H,1H3,(H,17,18). The molecule has 102 valence electrons. The third kappa shape index (κ3) is 2.78. The van der Waals surface area contributed by atoms with Crippen LogP contribution in [-0.4, -0.2) is 16.0 Å². The van der Waals surface area contributed by atoms with Gasteiger partial charge < -0.3 is 5.11 Å². The second-order valence-electron chi connectivity index (χ2n) is 4.29. The van der Waals surface area contributed by atoms with Crippen LogP contribution in [0.25, 0.3) is 11.1 Å². The van der Waals surface area contributed by atoms with Crippen molar-refractivity contribution in [3.05, 3.63) is 62.7 Å². The molecule has 20 heavy (non-hydrogen) atoms. The second kappa shape index (κ2) is 5.30. The summed E-state index contributed by atoms with van der Waals surface area (Å²) in [6.45, 7) is 1.81. The smallest absolute Gasteiger partial charge is 0.335 e. The Morgan fingerprint density at radius 3 is 2.45 bits per heavy atom. The van der Waals surface area contributed by atoms with Crippen molar-refractivity contribution in [2.45, 2.75) is 6.92 Å². The molecule has 0 atom stereocenters. The van der Waals surface area contributed by atoms with Crippen molar-refractivity contribution in [2.75, 3.05) is 0 Å². The van der Waals surface area contributed by atoms with Gasteiger partial charge in [0.25, 0.3) is 5.69 Å². The largest absolute Gasteiger partial charge is 0.478 e. The van der Waals surface area contributed by atoms with E-state index in [2.05, 4.69) is 0 Å². The first-order valence-electron chi connectivity index (χ1n) is 5.68. The zero-order valence-corrected chi connectivity index (χ0v) is 11.2. The van der Waals surface area contributed by atoms with E-state index in [1.807, 2.05) is 0 Å². The van der Waals surface area contributed by atoms with Crippen LogP contribution in [0.1, 0.15) is 15.9 Å². The van der Waals surface area contributed by atoms with Gasteiger partial charge in [0, 0.05) is 17.2 Å². The van der Waals surface area contributed by atoms with Crippen molar-refractivity contribution in [3.8, 4) is 11.1 Å². The van der Waals surface area contributed by atoms with Crippen LogP contribution < -0.4 is 0 Å². The number of carboxylic acids is 1. The summed E-state index contributed by atoms with van der Waals surface area (Å²) in [4.78, 5) is 21.3. The van der Waals surface area contributed by atoms with Crippen molar-refractivity contribution >= 4 is 23.3 Å². The molecule has 0 heterocycles. The van der Waals surface area contributed by atoms with Crippen molar-refractivity contribution in [3.63, 3.8) is 0 Å². The summed E-state index contributed by atoms with van der Waals surface area (Å²) >= 11 is 5.93. The van der Waals surface area contributed by atoms with E-state index in [-0.39, 0.29) is 11.3 Å². The molecule has 0 saturated heterocycles. The second-order valence-corrected chi connectivity index (χ2v) is 4.70. The number of carboxylic acid groups (broad SMARTS) is 1. The topological polar surface area (TPSA) is 80.4 Å². The van der Waals surface area contributed by atoms with Gasteiger partial charge in [0.2, 0.25) is 0 Å². The molecule has 0 amide bonds. The first-order chi connectivity index (χ1) is 9.38. The fourth-order valence-corrected chi connectivity index (χ4v) is 1.95. The first-order valence-corrected chi connectivity index (χ1v) is 6.05. The lowest BCUT2D eigenvalue weighted by molar-refractivity contribution is -0.384. The first kappa shape index (κ1) is 14.0. The highest BCUT2D eigenvalue weighted by Crippen LogP contribution is 2.28. The minimum absolute atomic E-state index is 0.123. The lowest BCUT2D eigenvalue weighted by Gasteiger charge is -2.06. The monoisotopic (exact) mass is 291 g/mol. The van der Waals surface area contributed by atoms with Crippen molar-refractivity contribution in [1.29, 1.82) is 0 Å². The lowest BCUT2D eigenvalue weighted by Crippen LogP contribution is -1.99. The van der Waals surface area contributed by atoms with Crippen LogP contribution in [0.15, 0.2) is 36.4 Å². The number of carbonyl (C=O) groups is 1. The fourth-order valence-electron chi connectivity index (χ4n) is 1.83. The summed E-state index contributed by atoms with van der Waals surface area (Å²) in [7, 11) is 0. The maximum Gasteiger partial charge on any atom is 0.335 e. The van der Waals surface area contributed by atoms with Crippen molar-refractivity contribution in [1.82, 2.24) is 0 Å². The Balaban J connectivity index is 2.63. The van der Waals surface area contributed by atoms with E-state index in [4.69, 9.17) is 16.7 Å². The van der Waals surface area contributed by atoms with Gasteiger partial charge in [0.15, 0.2) is 0 Å². The highest BCUT2D eigenvalue weighted by molar-refractivity contribution is 6.31. The number of nitro groups is 1. The van der Waals surface area contributed by atoms with Crippen molar-refractivity contribution < 1.29 is 14.8 Å². The Morgan fingerprint density at radius 2 is 1.90 bits per heavy atom. The number of aryl methyl sites for hydroxylation is 1. The van der Waals surface area contributed by atoms with Crippen molar-refractivity contribution in [2.24, 2.45) is 0 Å². The van der Waals surface area contributed by atoms with E-state index >= 15 is 0 Å². The van der Waals surface area contributed by atoms with E-state index in [1.54, 1.807) is 25.1 Å².